The molecule has 1 aromatic carbocycles. The number of carbonyl (C=O) groups excluding carboxylic acids is 1. The minimum Gasteiger partial charge on any atom is -0.314 e. The number of aryl methyl sites for hydroxylation is 1. The number of hydrogen-bond acceptors (Lipinski definition) is 2. The van der Waals surface area contributed by atoms with Crippen molar-refractivity contribution in [3.8, 4) is 0 Å². The fraction of sp³-hybridized carbons (Fsp3) is 0.533. The Hall–Kier alpha value is -1.35. The molecule has 0 atom stereocenters. The Kier molecular flexibility index (Phi) is 3.71. The normalized spacial score (nSPS) is 19.7. The number of hydrogen-bond donors (Lipinski definition) is 1. The van der Waals surface area contributed by atoms with Crippen LogP contribution in [0.5, 0.6) is 0 Å². The molecule has 2 rings (SSSR count). The molecule has 0 aromatic heterocycles. The van der Waals surface area contributed by atoms with Crippen LogP contribution in [0, 0.1) is 0 Å². The van der Waals surface area contributed by atoms with Gasteiger partial charge in [0.1, 0.15) is 0 Å². The Morgan fingerprint density at radius 2 is 1.94 bits per heavy atom. The van der Waals surface area contributed by atoms with Gasteiger partial charge in [0.15, 0.2) is 0 Å². The molecule has 0 spiro atoms. The van der Waals surface area contributed by atoms with Gasteiger partial charge < -0.3 is 10.2 Å². The average molecular weight is 246 g/mol. The Balaban J connectivity index is 2.34. The van der Waals surface area contributed by atoms with E-state index in [0.717, 1.165) is 25.2 Å². The van der Waals surface area contributed by atoms with Gasteiger partial charge in [0.25, 0.3) is 0 Å². The lowest BCUT2D eigenvalue weighted by Crippen LogP contribution is -2.51. The predicted molar refractivity (Wildman–Crippen MR) is 74.9 cm³/mol. The third-order valence-electron chi connectivity index (χ3n) is 3.53. The summed E-state index contributed by atoms with van der Waals surface area (Å²) in [5, 5.41) is 3.33. The van der Waals surface area contributed by atoms with Crippen LogP contribution in [0.15, 0.2) is 24.3 Å². The summed E-state index contributed by atoms with van der Waals surface area (Å²) in [5.41, 5.74) is 2.13. The molecular formula is C15H22N2O. The van der Waals surface area contributed by atoms with Crippen molar-refractivity contribution in [2.75, 3.05) is 18.0 Å². The number of nitrogens with one attached hydrogen (secondary N) is 1. The van der Waals surface area contributed by atoms with Crippen molar-refractivity contribution in [3.05, 3.63) is 29.8 Å². The van der Waals surface area contributed by atoms with Crippen LogP contribution >= 0.6 is 0 Å². The molecule has 1 saturated heterocycles. The number of anilines is 1. The summed E-state index contributed by atoms with van der Waals surface area (Å²) in [6.07, 6.45) is 1.60. The van der Waals surface area contributed by atoms with Crippen LogP contribution in [0.25, 0.3) is 0 Å². The van der Waals surface area contributed by atoms with E-state index in [-0.39, 0.29) is 11.4 Å². The van der Waals surface area contributed by atoms with Crippen LogP contribution in [0.1, 0.15) is 32.8 Å². The van der Waals surface area contributed by atoms with Gasteiger partial charge in [0, 0.05) is 25.2 Å². The van der Waals surface area contributed by atoms with E-state index >= 15 is 0 Å². The molecule has 0 radical (unpaired) electrons. The third kappa shape index (κ3) is 2.56. The quantitative estimate of drug-likeness (QED) is 0.868. The fourth-order valence-corrected chi connectivity index (χ4v) is 2.49. The monoisotopic (exact) mass is 246 g/mol. The van der Waals surface area contributed by atoms with Gasteiger partial charge in [-0.15, -0.1) is 0 Å². The number of nitrogens with zero attached hydrogens (tertiary/aromatic N) is 1. The second kappa shape index (κ2) is 5.11. The average Bonchev–Trinajstić information content (AvgIpc) is 2.48. The van der Waals surface area contributed by atoms with E-state index in [2.05, 4.69) is 50.4 Å². The first-order chi connectivity index (χ1) is 8.54. The van der Waals surface area contributed by atoms with E-state index in [9.17, 15) is 4.79 Å². The maximum atomic E-state index is 12.3. The molecule has 0 unspecified atom stereocenters. The fourth-order valence-electron chi connectivity index (χ4n) is 2.49. The summed E-state index contributed by atoms with van der Waals surface area (Å²) in [4.78, 5) is 14.2. The van der Waals surface area contributed by atoms with Gasteiger partial charge >= 0.3 is 0 Å². The van der Waals surface area contributed by atoms with Gasteiger partial charge in [0.2, 0.25) is 5.91 Å². The molecule has 0 bridgehead atoms. The summed E-state index contributed by atoms with van der Waals surface area (Å²) >= 11 is 0. The van der Waals surface area contributed by atoms with Gasteiger partial charge in [-0.05, 0) is 38.0 Å². The summed E-state index contributed by atoms with van der Waals surface area (Å²) in [6, 6.07) is 8.33. The zero-order valence-corrected chi connectivity index (χ0v) is 11.5. The molecule has 0 aliphatic carbocycles. The van der Waals surface area contributed by atoms with Crippen LogP contribution in [0.2, 0.25) is 0 Å². The maximum absolute atomic E-state index is 12.3. The highest BCUT2D eigenvalue weighted by Gasteiger charge is 2.33. The van der Waals surface area contributed by atoms with Gasteiger partial charge in [-0.1, -0.05) is 19.1 Å². The van der Waals surface area contributed by atoms with Gasteiger partial charge in [-0.2, -0.15) is 0 Å². The highest BCUT2D eigenvalue weighted by Crippen LogP contribution is 2.26. The minimum atomic E-state index is -0.179. The van der Waals surface area contributed by atoms with Crippen LogP contribution < -0.4 is 10.2 Å². The van der Waals surface area contributed by atoms with E-state index in [1.165, 1.54) is 5.56 Å². The Labute approximate surface area is 109 Å². The van der Waals surface area contributed by atoms with Crippen LogP contribution in [-0.4, -0.2) is 24.5 Å². The number of amides is 1. The predicted octanol–water partition coefficient (Wildman–Crippen LogP) is 2.35. The molecule has 1 amide bonds. The summed E-state index contributed by atoms with van der Waals surface area (Å²) in [7, 11) is 0. The van der Waals surface area contributed by atoms with Crippen LogP contribution in [0.3, 0.4) is 0 Å². The standard InChI is InChI=1S/C15H22N2O/c1-4-12-5-7-13(8-6-12)17-14(18)9-10-16-11-15(17,2)3/h5-8,16H,4,9-11H2,1-3H3. The van der Waals surface area contributed by atoms with Crippen molar-refractivity contribution in [3.63, 3.8) is 0 Å². The molecular weight excluding hydrogens is 224 g/mol. The molecule has 18 heavy (non-hydrogen) atoms. The summed E-state index contributed by atoms with van der Waals surface area (Å²) in [5.74, 6) is 0.203. The lowest BCUT2D eigenvalue weighted by atomic mass is 10.0. The molecule has 1 aliphatic heterocycles. The zero-order chi connectivity index (χ0) is 13.2. The van der Waals surface area contributed by atoms with E-state index < -0.39 is 0 Å². The summed E-state index contributed by atoms with van der Waals surface area (Å²) < 4.78 is 0. The molecule has 0 saturated carbocycles. The van der Waals surface area contributed by atoms with Crippen LogP contribution in [-0.2, 0) is 11.2 Å². The van der Waals surface area contributed by atoms with Crippen LogP contribution in [0.4, 0.5) is 5.69 Å². The second-order valence-electron chi connectivity index (χ2n) is 5.49. The zero-order valence-electron chi connectivity index (χ0n) is 11.5. The molecule has 1 heterocycles. The van der Waals surface area contributed by atoms with Crippen molar-refractivity contribution in [1.82, 2.24) is 5.32 Å². The topological polar surface area (TPSA) is 32.3 Å². The SMILES string of the molecule is CCc1ccc(N2C(=O)CCNCC2(C)C)cc1. The number of benzene rings is 1. The van der Waals surface area contributed by atoms with E-state index in [1.54, 1.807) is 0 Å². The molecule has 3 heteroatoms. The van der Waals surface area contributed by atoms with E-state index in [1.807, 2.05) is 4.90 Å². The smallest absolute Gasteiger partial charge is 0.228 e. The van der Waals surface area contributed by atoms with Crippen molar-refractivity contribution in [2.45, 2.75) is 39.2 Å². The molecule has 98 valence electrons. The van der Waals surface area contributed by atoms with Crippen molar-refractivity contribution < 1.29 is 4.79 Å². The first-order valence-electron chi connectivity index (χ1n) is 6.67. The first kappa shape index (κ1) is 13.1. The first-order valence-corrected chi connectivity index (χ1v) is 6.67. The Morgan fingerprint density at radius 3 is 2.56 bits per heavy atom. The molecule has 3 nitrogen and oxygen atoms in total. The number of rotatable bonds is 2. The van der Waals surface area contributed by atoms with Gasteiger partial charge in [-0.3, -0.25) is 4.79 Å². The van der Waals surface area contributed by atoms with Crippen molar-refractivity contribution in [2.24, 2.45) is 0 Å². The minimum absolute atomic E-state index is 0.179. The Bertz CT molecular complexity index is 423. The van der Waals surface area contributed by atoms with E-state index in [0.29, 0.717) is 6.42 Å². The molecule has 1 fully saturated rings. The van der Waals surface area contributed by atoms with E-state index in [4.69, 9.17) is 0 Å². The van der Waals surface area contributed by atoms with Crippen molar-refractivity contribution >= 4 is 11.6 Å². The molecule has 1 N–H and O–H groups in total. The highest BCUT2D eigenvalue weighted by molar-refractivity contribution is 5.95. The Morgan fingerprint density at radius 1 is 1.28 bits per heavy atom. The lowest BCUT2D eigenvalue weighted by Gasteiger charge is -2.37. The molecule has 1 aromatic rings. The van der Waals surface area contributed by atoms with Gasteiger partial charge in [0.05, 0.1) is 5.54 Å². The second-order valence-corrected chi connectivity index (χ2v) is 5.49. The van der Waals surface area contributed by atoms with Gasteiger partial charge in [-0.25, -0.2) is 0 Å². The third-order valence-corrected chi connectivity index (χ3v) is 3.53. The largest absolute Gasteiger partial charge is 0.314 e. The lowest BCUT2D eigenvalue weighted by molar-refractivity contribution is -0.119. The van der Waals surface area contributed by atoms with Crippen molar-refractivity contribution in [1.29, 1.82) is 0 Å². The maximum Gasteiger partial charge on any atom is 0.228 e. The summed E-state index contributed by atoms with van der Waals surface area (Å²) in [6.45, 7) is 7.95. The molecule has 1 aliphatic rings. The number of carbonyl (C=O) groups is 1. The highest BCUT2D eigenvalue weighted by atomic mass is 16.2.